The molecule has 3 aromatic heterocycles. The van der Waals surface area contributed by atoms with Gasteiger partial charge in [0.1, 0.15) is 17.4 Å². The number of fused-ring (bicyclic) bond motifs is 3. The summed E-state index contributed by atoms with van der Waals surface area (Å²) in [5, 5.41) is 4.88. The number of rotatable bonds is 4. The van der Waals surface area contributed by atoms with E-state index in [0.29, 0.717) is 37.7 Å². The minimum Gasteiger partial charge on any atom is -0.450 e. The lowest BCUT2D eigenvalue weighted by atomic mass is 10.1. The number of piperazine rings is 1. The molecule has 1 aliphatic heterocycles. The first-order valence-electron chi connectivity index (χ1n) is 11.5. The fourth-order valence-electron chi connectivity index (χ4n) is 4.57. The van der Waals surface area contributed by atoms with E-state index in [1.165, 1.54) is 12.1 Å². The van der Waals surface area contributed by atoms with Crippen molar-refractivity contribution in [3.63, 3.8) is 0 Å². The van der Waals surface area contributed by atoms with Crippen LogP contribution in [0.3, 0.4) is 0 Å². The first-order chi connectivity index (χ1) is 17.4. The van der Waals surface area contributed by atoms with E-state index in [4.69, 9.17) is 8.94 Å². The third kappa shape index (κ3) is 3.95. The molecule has 4 heterocycles. The topological polar surface area (TPSA) is 84.3 Å². The molecule has 0 radical (unpaired) electrons. The molecule has 6 rings (SSSR count). The predicted molar refractivity (Wildman–Crippen MR) is 126 cm³/mol. The second kappa shape index (κ2) is 8.59. The maximum absolute atomic E-state index is 13.1. The highest BCUT2D eigenvalue weighted by Gasteiger charge is 2.31. The van der Waals surface area contributed by atoms with Crippen molar-refractivity contribution in [1.82, 2.24) is 25.0 Å². The molecular formula is C25H21F3N6O2. The number of aromatic nitrogens is 4. The molecular weight excluding hydrogens is 473 g/mol. The standard InChI is InChI=1S/C25H21F3N6O2/c1-15(24-31-22(32-36-24)16-5-4-6-17(13-16)25(26,27)28)33-9-11-34(12-10-33)23-21-20(29-14-30-23)18-7-2-3-8-19(18)35-21/h2-8,13-15H,9-12H2,1H3. The Balaban J connectivity index is 1.17. The number of benzene rings is 2. The number of nitrogens with zero attached hydrogens (tertiary/aromatic N) is 6. The van der Waals surface area contributed by atoms with Crippen LogP contribution in [0.5, 0.6) is 0 Å². The maximum atomic E-state index is 13.1. The van der Waals surface area contributed by atoms with E-state index in [1.807, 2.05) is 31.2 Å². The summed E-state index contributed by atoms with van der Waals surface area (Å²) in [5.41, 5.74) is 1.74. The average molecular weight is 494 g/mol. The average Bonchev–Trinajstić information content (AvgIpc) is 3.53. The van der Waals surface area contributed by atoms with Crippen LogP contribution in [0.4, 0.5) is 19.0 Å². The van der Waals surface area contributed by atoms with Crippen LogP contribution in [0.1, 0.15) is 24.4 Å². The number of furan rings is 1. The lowest BCUT2D eigenvalue weighted by molar-refractivity contribution is -0.137. The third-order valence-corrected chi connectivity index (χ3v) is 6.55. The molecule has 8 nitrogen and oxygen atoms in total. The van der Waals surface area contributed by atoms with Crippen LogP contribution in [-0.2, 0) is 6.18 Å². The summed E-state index contributed by atoms with van der Waals surface area (Å²) in [6, 6.07) is 12.5. The Morgan fingerprint density at radius 2 is 1.78 bits per heavy atom. The van der Waals surface area contributed by atoms with Crippen LogP contribution in [0.25, 0.3) is 33.5 Å². The van der Waals surface area contributed by atoms with Gasteiger partial charge in [0.2, 0.25) is 11.7 Å². The predicted octanol–water partition coefficient (Wildman–Crippen LogP) is 5.33. The van der Waals surface area contributed by atoms with E-state index in [0.717, 1.165) is 34.4 Å². The van der Waals surface area contributed by atoms with Gasteiger partial charge in [-0.15, -0.1) is 0 Å². The van der Waals surface area contributed by atoms with Crippen molar-refractivity contribution >= 4 is 27.9 Å². The van der Waals surface area contributed by atoms with Gasteiger partial charge in [-0.25, -0.2) is 9.97 Å². The van der Waals surface area contributed by atoms with Gasteiger partial charge in [0.05, 0.1) is 11.6 Å². The Morgan fingerprint density at radius 3 is 2.58 bits per heavy atom. The van der Waals surface area contributed by atoms with Crippen molar-refractivity contribution < 1.29 is 22.1 Å². The van der Waals surface area contributed by atoms with E-state index in [-0.39, 0.29) is 17.4 Å². The van der Waals surface area contributed by atoms with Crippen molar-refractivity contribution in [1.29, 1.82) is 0 Å². The highest BCUT2D eigenvalue weighted by molar-refractivity contribution is 6.05. The quantitative estimate of drug-likeness (QED) is 0.332. The Bertz CT molecular complexity index is 1540. The second-order valence-corrected chi connectivity index (χ2v) is 8.71. The molecule has 0 aliphatic carbocycles. The van der Waals surface area contributed by atoms with Gasteiger partial charge in [0, 0.05) is 37.1 Å². The van der Waals surface area contributed by atoms with Crippen molar-refractivity contribution in [2.24, 2.45) is 0 Å². The number of hydrogen-bond acceptors (Lipinski definition) is 8. The second-order valence-electron chi connectivity index (χ2n) is 8.71. The lowest BCUT2D eigenvalue weighted by Gasteiger charge is -2.37. The van der Waals surface area contributed by atoms with Crippen LogP contribution in [0.2, 0.25) is 0 Å². The summed E-state index contributed by atoms with van der Waals surface area (Å²) in [6.45, 7) is 4.74. The third-order valence-electron chi connectivity index (χ3n) is 6.55. The summed E-state index contributed by atoms with van der Waals surface area (Å²) < 4.78 is 50.7. The monoisotopic (exact) mass is 494 g/mol. The van der Waals surface area contributed by atoms with E-state index in [2.05, 4.69) is 29.9 Å². The van der Waals surface area contributed by atoms with Gasteiger partial charge in [0.15, 0.2) is 11.4 Å². The molecule has 0 N–H and O–H groups in total. The summed E-state index contributed by atoms with van der Waals surface area (Å²) in [5.74, 6) is 1.25. The Kier molecular flexibility index (Phi) is 5.36. The zero-order chi connectivity index (χ0) is 24.9. The number of halogens is 3. The van der Waals surface area contributed by atoms with Gasteiger partial charge in [-0.1, -0.05) is 29.4 Å². The first kappa shape index (κ1) is 22.5. The molecule has 11 heteroatoms. The minimum atomic E-state index is -4.44. The summed E-state index contributed by atoms with van der Waals surface area (Å²) in [6.07, 6.45) is -2.88. The smallest absolute Gasteiger partial charge is 0.416 e. The zero-order valence-corrected chi connectivity index (χ0v) is 19.2. The number of alkyl halides is 3. The van der Waals surface area contributed by atoms with Crippen LogP contribution in [0, 0.1) is 0 Å². The van der Waals surface area contributed by atoms with Gasteiger partial charge in [-0.05, 0) is 31.2 Å². The largest absolute Gasteiger partial charge is 0.450 e. The Morgan fingerprint density at radius 1 is 0.972 bits per heavy atom. The first-order valence-corrected chi connectivity index (χ1v) is 11.5. The molecule has 0 saturated carbocycles. The molecule has 1 atom stereocenters. The fourth-order valence-corrected chi connectivity index (χ4v) is 4.57. The molecule has 5 aromatic rings. The van der Waals surface area contributed by atoms with E-state index in [9.17, 15) is 13.2 Å². The molecule has 1 aliphatic rings. The number of para-hydroxylation sites is 1. The molecule has 0 amide bonds. The fraction of sp³-hybridized carbons (Fsp3) is 0.280. The normalized spacial score (nSPS) is 16.2. The van der Waals surface area contributed by atoms with Gasteiger partial charge in [-0.2, -0.15) is 18.2 Å². The maximum Gasteiger partial charge on any atom is 0.416 e. The molecule has 1 saturated heterocycles. The molecule has 0 spiro atoms. The SMILES string of the molecule is CC(c1nc(-c2cccc(C(F)(F)F)c2)no1)N1CCN(c2ncnc3c2oc2ccccc23)CC1. The summed E-state index contributed by atoms with van der Waals surface area (Å²) in [4.78, 5) is 17.7. The van der Waals surface area contributed by atoms with Gasteiger partial charge >= 0.3 is 6.18 Å². The molecule has 1 unspecified atom stereocenters. The van der Waals surface area contributed by atoms with Gasteiger partial charge < -0.3 is 13.8 Å². The van der Waals surface area contributed by atoms with E-state index in [1.54, 1.807) is 6.33 Å². The highest BCUT2D eigenvalue weighted by Crippen LogP contribution is 2.34. The lowest BCUT2D eigenvalue weighted by Crippen LogP contribution is -2.47. The van der Waals surface area contributed by atoms with Crippen LogP contribution in [0.15, 0.2) is 63.8 Å². The van der Waals surface area contributed by atoms with Crippen molar-refractivity contribution in [3.8, 4) is 11.4 Å². The molecule has 1 fully saturated rings. The molecule has 2 aromatic carbocycles. The van der Waals surface area contributed by atoms with E-state index >= 15 is 0 Å². The number of hydrogen-bond donors (Lipinski definition) is 0. The highest BCUT2D eigenvalue weighted by atomic mass is 19.4. The van der Waals surface area contributed by atoms with E-state index < -0.39 is 11.7 Å². The summed E-state index contributed by atoms with van der Waals surface area (Å²) in [7, 11) is 0. The molecule has 184 valence electrons. The van der Waals surface area contributed by atoms with Crippen LogP contribution < -0.4 is 4.90 Å². The zero-order valence-electron chi connectivity index (χ0n) is 19.2. The molecule has 36 heavy (non-hydrogen) atoms. The summed E-state index contributed by atoms with van der Waals surface area (Å²) >= 11 is 0. The minimum absolute atomic E-state index is 0.134. The number of anilines is 1. The van der Waals surface area contributed by atoms with Gasteiger partial charge in [-0.3, -0.25) is 4.90 Å². The van der Waals surface area contributed by atoms with Crippen molar-refractivity contribution in [2.75, 3.05) is 31.1 Å². The van der Waals surface area contributed by atoms with Crippen molar-refractivity contribution in [3.05, 3.63) is 66.3 Å². The molecule has 0 bridgehead atoms. The van der Waals surface area contributed by atoms with Gasteiger partial charge in [0.25, 0.3) is 0 Å². The van der Waals surface area contributed by atoms with Crippen LogP contribution in [-0.4, -0.2) is 51.2 Å². The Hall–Kier alpha value is -3.99. The van der Waals surface area contributed by atoms with Crippen LogP contribution >= 0.6 is 0 Å². The Labute approximate surface area is 203 Å². The van der Waals surface area contributed by atoms with Crippen molar-refractivity contribution in [2.45, 2.75) is 19.1 Å².